The van der Waals surface area contributed by atoms with Crippen molar-refractivity contribution in [2.24, 2.45) is 0 Å². The second kappa shape index (κ2) is 14.3. The van der Waals surface area contributed by atoms with Crippen LogP contribution in [0.25, 0.3) is 0 Å². The van der Waals surface area contributed by atoms with E-state index in [1.54, 1.807) is 0 Å². The van der Waals surface area contributed by atoms with E-state index in [4.69, 9.17) is 11.6 Å². The first kappa shape index (κ1) is 17.2. The van der Waals surface area contributed by atoms with E-state index >= 15 is 0 Å². The summed E-state index contributed by atoms with van der Waals surface area (Å²) in [6.07, 6.45) is 13.6. The van der Waals surface area contributed by atoms with E-state index in [0.717, 1.165) is 5.88 Å². The third-order valence-corrected chi connectivity index (χ3v) is 3.58. The van der Waals surface area contributed by atoms with E-state index in [1.807, 2.05) is 0 Å². The maximum absolute atomic E-state index is 5.66. The third kappa shape index (κ3) is 14.2. The topological polar surface area (TPSA) is 3.24 Å². The Morgan fingerprint density at radius 2 is 1.18 bits per heavy atom. The highest BCUT2D eigenvalue weighted by Gasteiger charge is 1.98. The summed E-state index contributed by atoms with van der Waals surface area (Å²) in [5.41, 5.74) is 0. The lowest BCUT2D eigenvalue weighted by molar-refractivity contribution is 0.316. The van der Waals surface area contributed by atoms with Gasteiger partial charge in [0, 0.05) is 5.88 Å². The minimum Gasteiger partial charge on any atom is -0.306 e. The largest absolute Gasteiger partial charge is 0.306 e. The SMILES string of the molecule is CCCCCCCCCN(C)CCCCCCl. The van der Waals surface area contributed by atoms with Crippen LogP contribution in [0, 0.1) is 0 Å². The Morgan fingerprint density at radius 3 is 1.71 bits per heavy atom. The van der Waals surface area contributed by atoms with Crippen molar-refractivity contribution in [1.82, 2.24) is 4.90 Å². The molecule has 17 heavy (non-hydrogen) atoms. The van der Waals surface area contributed by atoms with Gasteiger partial charge in [-0.1, -0.05) is 51.9 Å². The number of hydrogen-bond acceptors (Lipinski definition) is 1. The molecule has 0 rings (SSSR count). The molecule has 0 radical (unpaired) electrons. The van der Waals surface area contributed by atoms with Crippen LogP contribution in [0.2, 0.25) is 0 Å². The molecule has 0 bridgehead atoms. The second-order valence-corrected chi connectivity index (χ2v) is 5.55. The van der Waals surface area contributed by atoms with E-state index in [9.17, 15) is 0 Å². The number of hydrogen-bond donors (Lipinski definition) is 0. The van der Waals surface area contributed by atoms with Crippen molar-refractivity contribution in [1.29, 1.82) is 0 Å². The van der Waals surface area contributed by atoms with Gasteiger partial charge in [0.1, 0.15) is 0 Å². The highest BCUT2D eigenvalue weighted by atomic mass is 35.5. The molecule has 0 heterocycles. The molecule has 2 heteroatoms. The molecule has 0 aromatic rings. The quantitative estimate of drug-likeness (QED) is 0.330. The first-order valence-electron chi connectivity index (χ1n) is 7.55. The molecule has 0 aromatic heterocycles. The number of alkyl halides is 1. The van der Waals surface area contributed by atoms with Gasteiger partial charge in [0.25, 0.3) is 0 Å². The Hall–Kier alpha value is 0.250. The number of rotatable bonds is 13. The van der Waals surface area contributed by atoms with Gasteiger partial charge >= 0.3 is 0 Å². The van der Waals surface area contributed by atoms with Crippen LogP contribution >= 0.6 is 11.6 Å². The Kier molecular flexibility index (Phi) is 14.5. The van der Waals surface area contributed by atoms with E-state index in [2.05, 4.69) is 18.9 Å². The molecule has 0 spiro atoms. The third-order valence-electron chi connectivity index (χ3n) is 3.32. The van der Waals surface area contributed by atoms with Crippen molar-refractivity contribution in [3.8, 4) is 0 Å². The summed E-state index contributed by atoms with van der Waals surface area (Å²) in [5, 5.41) is 0. The fourth-order valence-electron chi connectivity index (χ4n) is 2.10. The Morgan fingerprint density at radius 1 is 0.706 bits per heavy atom. The number of unbranched alkanes of at least 4 members (excludes halogenated alkanes) is 8. The molecule has 0 fully saturated rings. The predicted octanol–water partition coefficient (Wildman–Crippen LogP) is 5.08. The Bertz CT molecular complexity index is 139. The van der Waals surface area contributed by atoms with Gasteiger partial charge in [-0.25, -0.2) is 0 Å². The minimum atomic E-state index is 0.821. The lowest BCUT2D eigenvalue weighted by Crippen LogP contribution is -2.20. The van der Waals surface area contributed by atoms with Gasteiger partial charge in [-0.3, -0.25) is 0 Å². The zero-order valence-electron chi connectivity index (χ0n) is 12.0. The van der Waals surface area contributed by atoms with Gasteiger partial charge in [0.2, 0.25) is 0 Å². The van der Waals surface area contributed by atoms with Crippen molar-refractivity contribution in [3.05, 3.63) is 0 Å². The van der Waals surface area contributed by atoms with Gasteiger partial charge in [0.05, 0.1) is 0 Å². The van der Waals surface area contributed by atoms with Crippen molar-refractivity contribution in [3.63, 3.8) is 0 Å². The summed E-state index contributed by atoms with van der Waals surface area (Å²) in [6.45, 7) is 4.79. The lowest BCUT2D eigenvalue weighted by Gasteiger charge is -2.16. The van der Waals surface area contributed by atoms with E-state index in [0.29, 0.717) is 0 Å². The summed E-state index contributed by atoms with van der Waals surface area (Å²) < 4.78 is 0. The van der Waals surface area contributed by atoms with E-state index in [1.165, 1.54) is 77.3 Å². The van der Waals surface area contributed by atoms with E-state index in [-0.39, 0.29) is 0 Å². The van der Waals surface area contributed by atoms with Crippen LogP contribution in [0.15, 0.2) is 0 Å². The smallest absolute Gasteiger partial charge is 0.0223 e. The first-order chi connectivity index (χ1) is 8.31. The lowest BCUT2D eigenvalue weighted by atomic mass is 10.1. The molecule has 0 unspecified atom stereocenters. The molecule has 0 aromatic carbocycles. The van der Waals surface area contributed by atoms with Gasteiger partial charge < -0.3 is 4.90 Å². The second-order valence-electron chi connectivity index (χ2n) is 5.17. The summed E-state index contributed by atoms with van der Waals surface area (Å²) in [4.78, 5) is 2.47. The van der Waals surface area contributed by atoms with Gasteiger partial charge in [0.15, 0.2) is 0 Å². The van der Waals surface area contributed by atoms with Crippen LogP contribution < -0.4 is 0 Å². The summed E-state index contributed by atoms with van der Waals surface area (Å²) >= 11 is 5.66. The van der Waals surface area contributed by atoms with Crippen molar-refractivity contribution >= 4 is 11.6 Å². The monoisotopic (exact) mass is 261 g/mol. The Balaban J connectivity index is 3.08. The zero-order chi connectivity index (χ0) is 12.8. The minimum absolute atomic E-state index is 0.821. The highest BCUT2D eigenvalue weighted by molar-refractivity contribution is 6.17. The molecule has 0 saturated carbocycles. The van der Waals surface area contributed by atoms with Crippen LogP contribution in [-0.2, 0) is 0 Å². The first-order valence-corrected chi connectivity index (χ1v) is 8.09. The summed E-state index contributed by atoms with van der Waals surface area (Å²) in [7, 11) is 2.25. The summed E-state index contributed by atoms with van der Waals surface area (Å²) in [6, 6.07) is 0. The van der Waals surface area contributed by atoms with Gasteiger partial charge in [-0.05, 0) is 39.4 Å². The molecule has 0 aliphatic heterocycles. The molecule has 1 nitrogen and oxygen atoms in total. The van der Waals surface area contributed by atoms with Crippen LogP contribution in [0.4, 0.5) is 0 Å². The molecule has 0 aliphatic rings. The van der Waals surface area contributed by atoms with Gasteiger partial charge in [-0.2, -0.15) is 0 Å². The normalized spacial score (nSPS) is 11.3. The maximum atomic E-state index is 5.66. The average molecular weight is 262 g/mol. The predicted molar refractivity (Wildman–Crippen MR) is 80.1 cm³/mol. The van der Waals surface area contributed by atoms with Crippen LogP contribution in [0.1, 0.15) is 71.1 Å². The molecule has 0 atom stereocenters. The molecule has 0 N–H and O–H groups in total. The number of nitrogens with zero attached hydrogens (tertiary/aromatic N) is 1. The Labute approximate surface area is 114 Å². The van der Waals surface area contributed by atoms with Crippen molar-refractivity contribution in [2.75, 3.05) is 26.0 Å². The van der Waals surface area contributed by atoms with E-state index < -0.39 is 0 Å². The molecule has 0 amide bonds. The maximum Gasteiger partial charge on any atom is 0.0223 e. The molecular weight excluding hydrogens is 230 g/mol. The average Bonchev–Trinajstić information content (AvgIpc) is 2.33. The highest BCUT2D eigenvalue weighted by Crippen LogP contribution is 2.07. The molecule has 0 saturated heterocycles. The van der Waals surface area contributed by atoms with Crippen molar-refractivity contribution < 1.29 is 0 Å². The fraction of sp³-hybridized carbons (Fsp3) is 1.00. The van der Waals surface area contributed by atoms with Gasteiger partial charge in [-0.15, -0.1) is 11.6 Å². The molecular formula is C15H32ClN. The molecule has 0 aliphatic carbocycles. The fourth-order valence-corrected chi connectivity index (χ4v) is 2.29. The standard InChI is InChI=1S/C15H32ClN/c1-3-4-5-6-7-8-11-14-17(2)15-12-9-10-13-16/h3-15H2,1-2H3. The molecule has 104 valence electrons. The van der Waals surface area contributed by atoms with Crippen molar-refractivity contribution in [2.45, 2.75) is 71.1 Å². The van der Waals surface area contributed by atoms with Crippen LogP contribution in [0.3, 0.4) is 0 Å². The number of halogens is 1. The summed E-state index contributed by atoms with van der Waals surface area (Å²) in [5.74, 6) is 0.821. The van der Waals surface area contributed by atoms with Crippen LogP contribution in [0.5, 0.6) is 0 Å². The van der Waals surface area contributed by atoms with Crippen LogP contribution in [-0.4, -0.2) is 30.9 Å². The zero-order valence-corrected chi connectivity index (χ0v) is 12.8.